The maximum absolute atomic E-state index is 11.1. The molecule has 1 heterocycles. The second kappa shape index (κ2) is 3.62. The molecule has 14 heavy (non-hydrogen) atoms. The lowest BCUT2D eigenvalue weighted by molar-refractivity contribution is -0.151. The van der Waals surface area contributed by atoms with Crippen LogP contribution < -0.4 is 11.1 Å². The number of hydrogen-bond donors (Lipinski definition) is 4. The van der Waals surface area contributed by atoms with Crippen LogP contribution in [0.3, 0.4) is 0 Å². The number of carbonyl (C=O) groups excluding carboxylic acids is 1. The molecule has 0 aromatic heterocycles. The molecule has 0 bridgehead atoms. The summed E-state index contributed by atoms with van der Waals surface area (Å²) in [6, 6.07) is -2.34. The van der Waals surface area contributed by atoms with Crippen LogP contribution in [0.15, 0.2) is 0 Å². The average molecular weight is 202 g/mol. The first kappa shape index (κ1) is 10.5. The predicted octanol–water partition coefficient (Wildman–Crippen LogP) is -2.01. The number of carboxylic acids is 2. The molecule has 1 amide bonds. The lowest BCUT2D eigenvalue weighted by atomic mass is 9.88. The van der Waals surface area contributed by atoms with Gasteiger partial charge >= 0.3 is 11.9 Å². The van der Waals surface area contributed by atoms with Gasteiger partial charge in [-0.25, -0.2) is 4.79 Å². The summed E-state index contributed by atoms with van der Waals surface area (Å²) in [4.78, 5) is 32.2. The molecule has 1 fully saturated rings. The zero-order valence-corrected chi connectivity index (χ0v) is 7.14. The lowest BCUT2D eigenvalue weighted by Crippen LogP contribution is -2.59. The summed E-state index contributed by atoms with van der Waals surface area (Å²) in [6.07, 6.45) is -0.183. The largest absolute Gasteiger partial charge is 0.481 e. The SMILES string of the molecule is NC1C(=O)NC(C(=O)O)CC1C(=O)O. The van der Waals surface area contributed by atoms with Crippen molar-refractivity contribution in [1.29, 1.82) is 0 Å². The van der Waals surface area contributed by atoms with Gasteiger partial charge in [0.2, 0.25) is 5.91 Å². The molecule has 7 nitrogen and oxygen atoms in total. The highest BCUT2D eigenvalue weighted by atomic mass is 16.4. The van der Waals surface area contributed by atoms with Gasteiger partial charge in [-0.3, -0.25) is 9.59 Å². The Labute approximate surface area is 78.9 Å². The van der Waals surface area contributed by atoms with E-state index in [2.05, 4.69) is 5.32 Å². The molecule has 0 saturated carbocycles. The van der Waals surface area contributed by atoms with E-state index in [1.807, 2.05) is 0 Å². The van der Waals surface area contributed by atoms with E-state index in [9.17, 15) is 14.4 Å². The Morgan fingerprint density at radius 3 is 2.36 bits per heavy atom. The van der Waals surface area contributed by atoms with E-state index < -0.39 is 35.8 Å². The van der Waals surface area contributed by atoms with E-state index in [1.54, 1.807) is 0 Å². The molecular weight excluding hydrogens is 192 g/mol. The molecule has 1 aliphatic heterocycles. The van der Waals surface area contributed by atoms with Gasteiger partial charge in [-0.05, 0) is 6.42 Å². The molecular formula is C7H10N2O5. The van der Waals surface area contributed by atoms with E-state index in [4.69, 9.17) is 15.9 Å². The highest BCUT2D eigenvalue weighted by Crippen LogP contribution is 2.16. The average Bonchev–Trinajstić information content (AvgIpc) is 2.08. The minimum Gasteiger partial charge on any atom is -0.481 e. The van der Waals surface area contributed by atoms with Crippen molar-refractivity contribution in [2.24, 2.45) is 11.7 Å². The number of aliphatic carboxylic acids is 2. The van der Waals surface area contributed by atoms with Crippen molar-refractivity contribution in [2.45, 2.75) is 18.5 Å². The molecule has 7 heteroatoms. The van der Waals surface area contributed by atoms with Gasteiger partial charge < -0.3 is 21.3 Å². The van der Waals surface area contributed by atoms with Crippen molar-refractivity contribution >= 4 is 17.8 Å². The van der Waals surface area contributed by atoms with Crippen molar-refractivity contribution < 1.29 is 24.6 Å². The molecule has 3 atom stereocenters. The number of carbonyl (C=O) groups is 3. The highest BCUT2D eigenvalue weighted by Gasteiger charge is 2.40. The molecule has 3 unspecified atom stereocenters. The topological polar surface area (TPSA) is 130 Å². The van der Waals surface area contributed by atoms with Crippen molar-refractivity contribution in [3.63, 3.8) is 0 Å². The van der Waals surface area contributed by atoms with E-state index in [-0.39, 0.29) is 6.42 Å². The van der Waals surface area contributed by atoms with Crippen LogP contribution in [0.5, 0.6) is 0 Å². The van der Waals surface area contributed by atoms with Crippen LogP contribution in [0.25, 0.3) is 0 Å². The third kappa shape index (κ3) is 1.82. The number of rotatable bonds is 2. The van der Waals surface area contributed by atoms with E-state index in [1.165, 1.54) is 0 Å². The summed E-state index contributed by atoms with van der Waals surface area (Å²) >= 11 is 0. The van der Waals surface area contributed by atoms with Gasteiger partial charge in [-0.2, -0.15) is 0 Å². The van der Waals surface area contributed by atoms with Gasteiger partial charge in [0.1, 0.15) is 6.04 Å². The number of amides is 1. The van der Waals surface area contributed by atoms with Gasteiger partial charge in [-0.1, -0.05) is 0 Å². The van der Waals surface area contributed by atoms with Gasteiger partial charge in [0, 0.05) is 0 Å². The fourth-order valence-electron chi connectivity index (χ4n) is 1.33. The predicted molar refractivity (Wildman–Crippen MR) is 43.3 cm³/mol. The Bertz CT molecular complexity index is 290. The number of piperidine rings is 1. The van der Waals surface area contributed by atoms with Gasteiger partial charge in [0.25, 0.3) is 0 Å². The monoisotopic (exact) mass is 202 g/mol. The first-order valence-corrected chi connectivity index (χ1v) is 3.95. The van der Waals surface area contributed by atoms with E-state index in [0.29, 0.717) is 0 Å². The molecule has 1 saturated heterocycles. The minimum absolute atomic E-state index is 0.183. The van der Waals surface area contributed by atoms with Crippen molar-refractivity contribution in [3.05, 3.63) is 0 Å². The summed E-state index contributed by atoms with van der Waals surface area (Å²) in [5.74, 6) is -4.38. The van der Waals surface area contributed by atoms with Gasteiger partial charge in [-0.15, -0.1) is 0 Å². The minimum atomic E-state index is -1.25. The highest BCUT2D eigenvalue weighted by molar-refractivity contribution is 5.92. The number of carboxylic acid groups (broad SMARTS) is 2. The summed E-state index contributed by atoms with van der Waals surface area (Å²) in [7, 11) is 0. The number of nitrogens with two attached hydrogens (primary N) is 1. The smallest absolute Gasteiger partial charge is 0.326 e. The van der Waals surface area contributed by atoms with Crippen molar-refractivity contribution in [1.82, 2.24) is 5.32 Å². The maximum atomic E-state index is 11.1. The summed E-state index contributed by atoms with van der Waals surface area (Å²) in [5, 5.41) is 19.4. The Hall–Kier alpha value is -1.63. The van der Waals surface area contributed by atoms with Gasteiger partial charge in [0.15, 0.2) is 0 Å². The second-order valence-corrected chi connectivity index (χ2v) is 3.11. The summed E-state index contributed by atoms with van der Waals surface area (Å²) in [5.41, 5.74) is 5.30. The fourth-order valence-corrected chi connectivity index (χ4v) is 1.33. The van der Waals surface area contributed by atoms with Crippen LogP contribution in [0, 0.1) is 5.92 Å². The molecule has 0 spiro atoms. The molecule has 1 aliphatic rings. The second-order valence-electron chi connectivity index (χ2n) is 3.11. The molecule has 0 aromatic rings. The van der Waals surface area contributed by atoms with Crippen LogP contribution in [0.1, 0.15) is 6.42 Å². The number of nitrogens with one attached hydrogen (secondary N) is 1. The molecule has 5 N–H and O–H groups in total. The Balaban J connectivity index is 2.81. The zero-order valence-electron chi connectivity index (χ0n) is 7.14. The first-order chi connectivity index (χ1) is 6.43. The van der Waals surface area contributed by atoms with Gasteiger partial charge in [0.05, 0.1) is 12.0 Å². The summed E-state index contributed by atoms with van der Waals surface area (Å²) in [6.45, 7) is 0. The fraction of sp³-hybridized carbons (Fsp3) is 0.571. The normalized spacial score (nSPS) is 32.1. The lowest BCUT2D eigenvalue weighted by Gasteiger charge is -2.29. The maximum Gasteiger partial charge on any atom is 0.326 e. The van der Waals surface area contributed by atoms with Crippen LogP contribution in [-0.4, -0.2) is 40.1 Å². The Morgan fingerprint density at radius 2 is 1.93 bits per heavy atom. The quantitative estimate of drug-likeness (QED) is 0.409. The van der Waals surface area contributed by atoms with Crippen LogP contribution in [0.2, 0.25) is 0 Å². The first-order valence-electron chi connectivity index (χ1n) is 3.95. The molecule has 0 aromatic carbocycles. The zero-order chi connectivity index (χ0) is 10.9. The van der Waals surface area contributed by atoms with Crippen LogP contribution in [0.4, 0.5) is 0 Å². The molecule has 0 radical (unpaired) electrons. The summed E-state index contributed by atoms with van der Waals surface area (Å²) < 4.78 is 0. The van der Waals surface area contributed by atoms with E-state index >= 15 is 0 Å². The third-order valence-electron chi connectivity index (χ3n) is 2.16. The molecule has 1 rings (SSSR count). The Kier molecular flexibility index (Phi) is 2.70. The molecule has 78 valence electrons. The third-order valence-corrected chi connectivity index (χ3v) is 2.16. The Morgan fingerprint density at radius 1 is 1.36 bits per heavy atom. The number of hydrogen-bond acceptors (Lipinski definition) is 4. The van der Waals surface area contributed by atoms with Crippen molar-refractivity contribution in [2.75, 3.05) is 0 Å². The van der Waals surface area contributed by atoms with Crippen molar-refractivity contribution in [3.8, 4) is 0 Å². The molecule has 0 aliphatic carbocycles. The van der Waals surface area contributed by atoms with Crippen LogP contribution in [-0.2, 0) is 14.4 Å². The standard InChI is InChI=1S/C7H10N2O5/c8-4-2(6(11)12)1-3(7(13)14)9-5(4)10/h2-4H,1,8H2,(H,9,10)(H,11,12)(H,13,14). The van der Waals surface area contributed by atoms with E-state index in [0.717, 1.165) is 0 Å². The van der Waals surface area contributed by atoms with Crippen LogP contribution >= 0.6 is 0 Å².